The summed E-state index contributed by atoms with van der Waals surface area (Å²) in [5.74, 6) is 0.552. The number of benzene rings is 1. The highest BCUT2D eigenvalue weighted by molar-refractivity contribution is 7.15. The molecule has 0 saturated carbocycles. The minimum atomic E-state index is -0.161. The molecule has 0 unspecified atom stereocenters. The van der Waals surface area contributed by atoms with Crippen LogP contribution >= 0.6 is 11.3 Å². The Morgan fingerprint density at radius 2 is 2.05 bits per heavy atom. The molecule has 0 bridgehead atoms. The molecule has 0 spiro atoms. The summed E-state index contributed by atoms with van der Waals surface area (Å²) in [5, 5.41) is 3.53. The second kappa shape index (κ2) is 6.92. The van der Waals surface area contributed by atoms with Crippen molar-refractivity contribution in [1.29, 1.82) is 0 Å². The Bertz CT molecular complexity index is 626. The van der Waals surface area contributed by atoms with Gasteiger partial charge in [-0.05, 0) is 49.8 Å². The number of thiazole rings is 1. The fourth-order valence-electron chi connectivity index (χ4n) is 2.53. The zero-order valence-corrected chi connectivity index (χ0v) is 13.5. The largest absolute Gasteiger partial charge is 0.484 e. The van der Waals surface area contributed by atoms with Crippen molar-refractivity contribution in [3.63, 3.8) is 0 Å². The topological polar surface area (TPSA) is 51.2 Å². The molecule has 0 fully saturated rings. The minimum absolute atomic E-state index is 0.00964. The van der Waals surface area contributed by atoms with Crippen molar-refractivity contribution in [2.75, 3.05) is 11.9 Å². The van der Waals surface area contributed by atoms with Crippen molar-refractivity contribution >= 4 is 22.4 Å². The van der Waals surface area contributed by atoms with Gasteiger partial charge in [0.05, 0.1) is 5.69 Å². The number of hydrogen-bond acceptors (Lipinski definition) is 4. The van der Waals surface area contributed by atoms with Crippen LogP contribution in [-0.4, -0.2) is 17.5 Å². The number of nitrogens with zero attached hydrogens (tertiary/aromatic N) is 1. The van der Waals surface area contributed by atoms with E-state index in [4.69, 9.17) is 4.74 Å². The van der Waals surface area contributed by atoms with Crippen LogP contribution in [0.25, 0.3) is 0 Å². The first-order valence-electron chi connectivity index (χ1n) is 7.75. The standard InChI is InChI=1S/C17H20N2O2S/c1-2-12-7-9-13(10-8-12)21-11-16(20)19-17-18-14-5-3-4-6-15(14)22-17/h7-10H,2-6,11H2,1H3,(H,18,19,20). The molecule has 0 saturated heterocycles. The molecule has 0 aliphatic heterocycles. The first-order chi connectivity index (χ1) is 10.7. The molecule has 2 aromatic rings. The first kappa shape index (κ1) is 15.0. The van der Waals surface area contributed by atoms with Gasteiger partial charge in [0.15, 0.2) is 11.7 Å². The molecule has 0 radical (unpaired) electrons. The van der Waals surface area contributed by atoms with Crippen LogP contribution < -0.4 is 10.1 Å². The zero-order valence-electron chi connectivity index (χ0n) is 12.7. The van der Waals surface area contributed by atoms with Crippen molar-refractivity contribution in [2.45, 2.75) is 39.0 Å². The molecule has 1 heterocycles. The lowest BCUT2D eigenvalue weighted by atomic mass is 10.0. The maximum Gasteiger partial charge on any atom is 0.264 e. The summed E-state index contributed by atoms with van der Waals surface area (Å²) in [6.45, 7) is 2.12. The number of fused-ring (bicyclic) bond motifs is 1. The van der Waals surface area contributed by atoms with E-state index in [2.05, 4.69) is 17.2 Å². The van der Waals surface area contributed by atoms with Gasteiger partial charge in [-0.2, -0.15) is 0 Å². The van der Waals surface area contributed by atoms with Gasteiger partial charge in [-0.3, -0.25) is 10.1 Å². The van der Waals surface area contributed by atoms with E-state index >= 15 is 0 Å². The molecule has 1 aliphatic carbocycles. The molecule has 1 N–H and O–H groups in total. The molecule has 1 aliphatic rings. The third-order valence-corrected chi connectivity index (χ3v) is 4.87. The third kappa shape index (κ3) is 3.65. The summed E-state index contributed by atoms with van der Waals surface area (Å²) >= 11 is 1.59. The van der Waals surface area contributed by atoms with Gasteiger partial charge in [0, 0.05) is 4.88 Å². The number of nitrogens with one attached hydrogen (secondary N) is 1. The summed E-state index contributed by atoms with van der Waals surface area (Å²) in [5.41, 5.74) is 2.41. The Hall–Kier alpha value is -1.88. The highest BCUT2D eigenvalue weighted by atomic mass is 32.1. The molecule has 116 valence electrons. The van der Waals surface area contributed by atoms with Crippen molar-refractivity contribution in [3.8, 4) is 5.75 Å². The van der Waals surface area contributed by atoms with Crippen LogP contribution in [0.15, 0.2) is 24.3 Å². The number of anilines is 1. The van der Waals surface area contributed by atoms with Gasteiger partial charge in [-0.1, -0.05) is 19.1 Å². The van der Waals surface area contributed by atoms with Crippen molar-refractivity contribution in [3.05, 3.63) is 40.4 Å². The average Bonchev–Trinajstić information content (AvgIpc) is 2.95. The third-order valence-electron chi connectivity index (χ3n) is 3.79. The number of ether oxygens (including phenoxy) is 1. The normalized spacial score (nSPS) is 13.5. The lowest BCUT2D eigenvalue weighted by molar-refractivity contribution is -0.118. The highest BCUT2D eigenvalue weighted by Crippen LogP contribution is 2.29. The molecule has 1 amide bonds. The predicted octanol–water partition coefficient (Wildman–Crippen LogP) is 3.60. The molecule has 4 nitrogen and oxygen atoms in total. The second-order valence-electron chi connectivity index (χ2n) is 5.43. The predicted molar refractivity (Wildman–Crippen MR) is 88.7 cm³/mol. The minimum Gasteiger partial charge on any atom is -0.484 e. The van der Waals surface area contributed by atoms with Gasteiger partial charge < -0.3 is 4.74 Å². The number of hydrogen-bond donors (Lipinski definition) is 1. The van der Waals surface area contributed by atoms with E-state index in [0.717, 1.165) is 25.0 Å². The van der Waals surface area contributed by atoms with Crippen LogP contribution in [0.1, 0.15) is 35.9 Å². The second-order valence-corrected chi connectivity index (χ2v) is 6.51. The van der Waals surface area contributed by atoms with Crippen molar-refractivity contribution in [2.24, 2.45) is 0 Å². The smallest absolute Gasteiger partial charge is 0.264 e. The molecule has 0 atom stereocenters. The highest BCUT2D eigenvalue weighted by Gasteiger charge is 2.16. The van der Waals surface area contributed by atoms with Gasteiger partial charge in [0.1, 0.15) is 5.75 Å². The Morgan fingerprint density at radius 3 is 2.77 bits per heavy atom. The number of aryl methyl sites for hydroxylation is 3. The van der Waals surface area contributed by atoms with E-state index in [-0.39, 0.29) is 12.5 Å². The lowest BCUT2D eigenvalue weighted by Gasteiger charge is -2.06. The maximum atomic E-state index is 12.0. The van der Waals surface area contributed by atoms with Gasteiger partial charge in [-0.15, -0.1) is 11.3 Å². The van der Waals surface area contributed by atoms with E-state index in [1.165, 1.54) is 23.3 Å². The maximum absolute atomic E-state index is 12.0. The van der Waals surface area contributed by atoms with Crippen LogP contribution in [0, 0.1) is 0 Å². The Morgan fingerprint density at radius 1 is 1.27 bits per heavy atom. The van der Waals surface area contributed by atoms with E-state index in [0.29, 0.717) is 10.9 Å². The Kier molecular flexibility index (Phi) is 4.73. The molecular formula is C17H20N2O2S. The summed E-state index contributed by atoms with van der Waals surface area (Å²) in [7, 11) is 0. The van der Waals surface area contributed by atoms with Gasteiger partial charge in [0.2, 0.25) is 0 Å². The van der Waals surface area contributed by atoms with E-state index in [1.54, 1.807) is 11.3 Å². The Labute approximate surface area is 134 Å². The molecule has 22 heavy (non-hydrogen) atoms. The first-order valence-corrected chi connectivity index (χ1v) is 8.56. The quantitative estimate of drug-likeness (QED) is 0.917. The van der Waals surface area contributed by atoms with Crippen molar-refractivity contribution in [1.82, 2.24) is 4.98 Å². The van der Waals surface area contributed by atoms with Gasteiger partial charge in [-0.25, -0.2) is 4.98 Å². The van der Waals surface area contributed by atoms with Crippen LogP contribution in [0.2, 0.25) is 0 Å². The monoisotopic (exact) mass is 316 g/mol. The van der Waals surface area contributed by atoms with Crippen LogP contribution in [-0.2, 0) is 24.1 Å². The number of aromatic nitrogens is 1. The summed E-state index contributed by atoms with van der Waals surface area (Å²) in [6.07, 6.45) is 5.53. The van der Waals surface area contributed by atoms with Gasteiger partial charge in [0.25, 0.3) is 5.91 Å². The molecule has 3 rings (SSSR count). The van der Waals surface area contributed by atoms with Gasteiger partial charge >= 0.3 is 0 Å². The summed E-state index contributed by atoms with van der Waals surface area (Å²) in [4.78, 5) is 17.8. The Balaban J connectivity index is 1.52. The fraction of sp³-hybridized carbons (Fsp3) is 0.412. The summed E-state index contributed by atoms with van der Waals surface area (Å²) in [6, 6.07) is 7.83. The van der Waals surface area contributed by atoms with Crippen molar-refractivity contribution < 1.29 is 9.53 Å². The van der Waals surface area contributed by atoms with Crippen LogP contribution in [0.5, 0.6) is 5.75 Å². The lowest BCUT2D eigenvalue weighted by Crippen LogP contribution is -2.20. The van der Waals surface area contributed by atoms with E-state index in [1.807, 2.05) is 24.3 Å². The van der Waals surface area contributed by atoms with Crippen LogP contribution in [0.4, 0.5) is 5.13 Å². The van der Waals surface area contributed by atoms with E-state index < -0.39 is 0 Å². The molecule has 1 aromatic carbocycles. The number of rotatable bonds is 5. The average molecular weight is 316 g/mol. The number of carbonyl (C=O) groups is 1. The summed E-state index contributed by atoms with van der Waals surface area (Å²) < 4.78 is 5.51. The number of amides is 1. The van der Waals surface area contributed by atoms with Crippen LogP contribution in [0.3, 0.4) is 0 Å². The van der Waals surface area contributed by atoms with E-state index in [9.17, 15) is 4.79 Å². The molecule has 5 heteroatoms. The molecule has 1 aromatic heterocycles. The fourth-order valence-corrected chi connectivity index (χ4v) is 3.60. The zero-order chi connectivity index (χ0) is 15.4. The number of carbonyl (C=O) groups excluding carboxylic acids is 1. The molecular weight excluding hydrogens is 296 g/mol. The SMILES string of the molecule is CCc1ccc(OCC(=O)Nc2nc3c(s2)CCCC3)cc1.